The number of ether oxygens (including phenoxy) is 2. The number of rotatable bonds is 7. The molecule has 0 aromatic rings. The highest BCUT2D eigenvalue weighted by molar-refractivity contribution is 4.84. The van der Waals surface area contributed by atoms with Crippen LogP contribution in [0.25, 0.3) is 0 Å². The molecule has 2 aliphatic heterocycles. The SMILES string of the molecule is CCCN(CCOC1CCCCO1)C1CNC1. The summed E-state index contributed by atoms with van der Waals surface area (Å²) in [5.41, 5.74) is 0. The van der Waals surface area contributed by atoms with Gasteiger partial charge in [0.15, 0.2) is 6.29 Å². The zero-order chi connectivity index (χ0) is 11.9. The maximum Gasteiger partial charge on any atom is 0.157 e. The van der Waals surface area contributed by atoms with Crippen molar-refractivity contribution in [3.63, 3.8) is 0 Å². The van der Waals surface area contributed by atoms with Gasteiger partial charge in [-0.1, -0.05) is 6.92 Å². The normalized spacial score (nSPS) is 26.1. The van der Waals surface area contributed by atoms with Crippen LogP contribution in [-0.2, 0) is 9.47 Å². The molecule has 17 heavy (non-hydrogen) atoms. The van der Waals surface area contributed by atoms with Crippen LogP contribution < -0.4 is 5.32 Å². The molecule has 1 atom stereocenters. The summed E-state index contributed by atoms with van der Waals surface area (Å²) in [4.78, 5) is 2.54. The first kappa shape index (κ1) is 13.3. The molecular weight excluding hydrogens is 216 g/mol. The molecule has 0 saturated carbocycles. The Kier molecular flexibility index (Phi) is 5.71. The molecule has 0 bridgehead atoms. The summed E-state index contributed by atoms with van der Waals surface area (Å²) in [6.45, 7) is 8.42. The lowest BCUT2D eigenvalue weighted by Gasteiger charge is -2.38. The summed E-state index contributed by atoms with van der Waals surface area (Å²) < 4.78 is 11.4. The van der Waals surface area contributed by atoms with E-state index in [0.29, 0.717) is 0 Å². The van der Waals surface area contributed by atoms with E-state index in [4.69, 9.17) is 9.47 Å². The molecule has 0 aliphatic carbocycles. The molecule has 100 valence electrons. The van der Waals surface area contributed by atoms with Gasteiger partial charge in [-0.25, -0.2) is 0 Å². The van der Waals surface area contributed by atoms with E-state index in [2.05, 4.69) is 17.1 Å². The van der Waals surface area contributed by atoms with Crippen molar-refractivity contribution in [2.24, 2.45) is 0 Å². The van der Waals surface area contributed by atoms with Gasteiger partial charge in [-0.15, -0.1) is 0 Å². The molecule has 2 saturated heterocycles. The minimum Gasteiger partial charge on any atom is -0.353 e. The summed E-state index contributed by atoms with van der Waals surface area (Å²) in [7, 11) is 0. The van der Waals surface area contributed by atoms with E-state index in [1.807, 2.05) is 0 Å². The smallest absolute Gasteiger partial charge is 0.157 e. The predicted molar refractivity (Wildman–Crippen MR) is 68.1 cm³/mol. The van der Waals surface area contributed by atoms with Crippen LogP contribution in [0.2, 0.25) is 0 Å². The standard InChI is InChI=1S/C13H26N2O2/c1-2-6-15(12-10-14-11-12)7-9-17-13-5-3-4-8-16-13/h12-14H,2-11H2,1H3. The third kappa shape index (κ3) is 4.21. The van der Waals surface area contributed by atoms with Crippen molar-refractivity contribution >= 4 is 0 Å². The molecule has 0 amide bonds. The fourth-order valence-corrected chi connectivity index (χ4v) is 2.44. The lowest BCUT2D eigenvalue weighted by molar-refractivity contribution is -0.165. The average molecular weight is 242 g/mol. The first-order valence-corrected chi connectivity index (χ1v) is 7.08. The summed E-state index contributed by atoms with van der Waals surface area (Å²) in [6.07, 6.45) is 4.78. The topological polar surface area (TPSA) is 33.7 Å². The van der Waals surface area contributed by atoms with Gasteiger partial charge in [-0.2, -0.15) is 0 Å². The Morgan fingerprint density at radius 2 is 2.18 bits per heavy atom. The fourth-order valence-electron chi connectivity index (χ4n) is 2.44. The van der Waals surface area contributed by atoms with Gasteiger partial charge < -0.3 is 14.8 Å². The van der Waals surface area contributed by atoms with Gasteiger partial charge in [0.05, 0.1) is 6.61 Å². The highest BCUT2D eigenvalue weighted by atomic mass is 16.7. The van der Waals surface area contributed by atoms with Crippen molar-refractivity contribution in [3.05, 3.63) is 0 Å². The Hall–Kier alpha value is -0.160. The monoisotopic (exact) mass is 242 g/mol. The Balaban J connectivity index is 1.60. The van der Waals surface area contributed by atoms with Crippen molar-refractivity contribution < 1.29 is 9.47 Å². The summed E-state index contributed by atoms with van der Waals surface area (Å²) in [6, 6.07) is 0.728. The van der Waals surface area contributed by atoms with Crippen molar-refractivity contribution in [1.82, 2.24) is 10.2 Å². The van der Waals surface area contributed by atoms with Crippen LogP contribution in [0, 0.1) is 0 Å². The Morgan fingerprint density at radius 1 is 1.29 bits per heavy atom. The second kappa shape index (κ2) is 7.31. The fraction of sp³-hybridized carbons (Fsp3) is 1.00. The Labute approximate surface area is 105 Å². The summed E-state index contributed by atoms with van der Waals surface area (Å²) in [5, 5.41) is 3.33. The number of nitrogens with zero attached hydrogens (tertiary/aromatic N) is 1. The quantitative estimate of drug-likeness (QED) is 0.727. The Morgan fingerprint density at radius 3 is 2.76 bits per heavy atom. The molecule has 2 rings (SSSR count). The van der Waals surface area contributed by atoms with Gasteiger partial charge in [-0.05, 0) is 32.2 Å². The maximum atomic E-state index is 5.79. The van der Waals surface area contributed by atoms with Gasteiger partial charge >= 0.3 is 0 Å². The van der Waals surface area contributed by atoms with E-state index in [0.717, 1.165) is 45.3 Å². The highest BCUT2D eigenvalue weighted by Gasteiger charge is 2.23. The molecule has 4 heteroatoms. The lowest BCUT2D eigenvalue weighted by atomic mass is 10.1. The molecular formula is C13H26N2O2. The molecule has 4 nitrogen and oxygen atoms in total. The summed E-state index contributed by atoms with van der Waals surface area (Å²) >= 11 is 0. The lowest BCUT2D eigenvalue weighted by Crippen LogP contribution is -2.58. The molecule has 0 spiro atoms. The van der Waals surface area contributed by atoms with E-state index in [-0.39, 0.29) is 6.29 Å². The molecule has 1 N–H and O–H groups in total. The van der Waals surface area contributed by atoms with Gasteiger partial charge in [0, 0.05) is 32.3 Å². The van der Waals surface area contributed by atoms with E-state index < -0.39 is 0 Å². The van der Waals surface area contributed by atoms with Gasteiger partial charge in [0.1, 0.15) is 0 Å². The molecule has 2 heterocycles. The van der Waals surface area contributed by atoms with Crippen LogP contribution in [0.3, 0.4) is 0 Å². The molecule has 2 aliphatic rings. The van der Waals surface area contributed by atoms with Crippen LogP contribution in [0.5, 0.6) is 0 Å². The van der Waals surface area contributed by atoms with E-state index in [1.165, 1.54) is 25.8 Å². The third-order valence-corrected chi connectivity index (χ3v) is 3.61. The largest absolute Gasteiger partial charge is 0.353 e. The van der Waals surface area contributed by atoms with Crippen LogP contribution in [0.1, 0.15) is 32.6 Å². The zero-order valence-corrected chi connectivity index (χ0v) is 11.0. The number of hydrogen-bond donors (Lipinski definition) is 1. The Bertz CT molecular complexity index is 204. The maximum absolute atomic E-state index is 5.79. The highest BCUT2D eigenvalue weighted by Crippen LogP contribution is 2.14. The van der Waals surface area contributed by atoms with Crippen LogP contribution in [0.4, 0.5) is 0 Å². The molecule has 0 aromatic heterocycles. The molecule has 1 unspecified atom stereocenters. The van der Waals surface area contributed by atoms with Crippen molar-refractivity contribution in [1.29, 1.82) is 0 Å². The molecule has 2 fully saturated rings. The average Bonchev–Trinajstić information content (AvgIpc) is 2.28. The van der Waals surface area contributed by atoms with Crippen molar-refractivity contribution in [2.45, 2.75) is 44.9 Å². The van der Waals surface area contributed by atoms with Crippen molar-refractivity contribution in [3.8, 4) is 0 Å². The first-order valence-electron chi connectivity index (χ1n) is 7.08. The summed E-state index contributed by atoms with van der Waals surface area (Å²) in [5.74, 6) is 0. The van der Waals surface area contributed by atoms with Crippen LogP contribution in [-0.4, -0.2) is 56.6 Å². The zero-order valence-electron chi connectivity index (χ0n) is 11.0. The molecule has 0 radical (unpaired) electrons. The third-order valence-electron chi connectivity index (χ3n) is 3.61. The van der Waals surface area contributed by atoms with Gasteiger partial charge in [0.25, 0.3) is 0 Å². The number of hydrogen-bond acceptors (Lipinski definition) is 4. The van der Waals surface area contributed by atoms with E-state index in [9.17, 15) is 0 Å². The van der Waals surface area contributed by atoms with Crippen molar-refractivity contribution in [2.75, 3.05) is 39.4 Å². The predicted octanol–water partition coefficient (Wildman–Crippen LogP) is 1.21. The molecule has 0 aromatic carbocycles. The first-order chi connectivity index (χ1) is 8.40. The minimum atomic E-state index is 0.0618. The second-order valence-electron chi connectivity index (χ2n) is 5.01. The number of nitrogens with one attached hydrogen (secondary N) is 1. The van der Waals surface area contributed by atoms with Gasteiger partial charge in [-0.3, -0.25) is 4.90 Å². The van der Waals surface area contributed by atoms with Crippen LogP contribution >= 0.6 is 0 Å². The van der Waals surface area contributed by atoms with Gasteiger partial charge in [0.2, 0.25) is 0 Å². The second-order valence-corrected chi connectivity index (χ2v) is 5.01. The van der Waals surface area contributed by atoms with Crippen LogP contribution in [0.15, 0.2) is 0 Å². The van der Waals surface area contributed by atoms with E-state index >= 15 is 0 Å². The minimum absolute atomic E-state index is 0.0618. The van der Waals surface area contributed by atoms with E-state index in [1.54, 1.807) is 0 Å².